The van der Waals surface area contributed by atoms with Crippen molar-refractivity contribution in [1.29, 1.82) is 0 Å². The molecule has 0 aliphatic heterocycles. The maximum Gasteiger partial charge on any atom is 0.433 e. The summed E-state index contributed by atoms with van der Waals surface area (Å²) in [6.45, 7) is 1.57. The third-order valence-electron chi connectivity index (χ3n) is 3.39. The van der Waals surface area contributed by atoms with Crippen molar-refractivity contribution in [2.24, 2.45) is 5.16 Å². The molecule has 6 nitrogen and oxygen atoms in total. The molecular weight excluding hydrogens is 365 g/mol. The van der Waals surface area contributed by atoms with E-state index in [0.29, 0.717) is 22.6 Å². The Bertz CT molecular complexity index is 795. The van der Waals surface area contributed by atoms with Crippen molar-refractivity contribution in [3.05, 3.63) is 52.8 Å². The molecule has 1 heterocycles. The summed E-state index contributed by atoms with van der Waals surface area (Å²) in [5.41, 5.74) is 0.0586. The minimum Gasteiger partial charge on any atom is -0.496 e. The van der Waals surface area contributed by atoms with Crippen LogP contribution in [-0.2, 0) is 22.4 Å². The molecule has 0 radical (unpaired) electrons. The Hall–Kier alpha value is -2.81. The van der Waals surface area contributed by atoms with E-state index in [9.17, 15) is 13.2 Å². The third kappa shape index (κ3) is 5.85. The lowest BCUT2D eigenvalue weighted by Crippen LogP contribution is -2.10. The van der Waals surface area contributed by atoms with Crippen molar-refractivity contribution < 1.29 is 32.2 Å². The van der Waals surface area contributed by atoms with Gasteiger partial charge < -0.3 is 19.0 Å². The van der Waals surface area contributed by atoms with E-state index in [-0.39, 0.29) is 19.1 Å². The molecule has 0 fully saturated rings. The number of nitrogens with zero attached hydrogens (tertiary/aromatic N) is 2. The molecule has 2 rings (SSSR count). The zero-order valence-electron chi connectivity index (χ0n) is 15.0. The van der Waals surface area contributed by atoms with Crippen LogP contribution in [0.2, 0.25) is 0 Å². The highest BCUT2D eigenvalue weighted by Gasteiger charge is 2.32. The zero-order valence-corrected chi connectivity index (χ0v) is 15.0. The first-order valence-electron chi connectivity index (χ1n) is 7.84. The first-order chi connectivity index (χ1) is 12.8. The number of ether oxygens (including phenoxy) is 3. The van der Waals surface area contributed by atoms with Crippen molar-refractivity contribution in [1.82, 2.24) is 4.98 Å². The average Bonchev–Trinajstić information content (AvgIpc) is 2.62. The van der Waals surface area contributed by atoms with Crippen LogP contribution in [-0.4, -0.2) is 32.2 Å². The number of aryl methyl sites for hydroxylation is 1. The van der Waals surface area contributed by atoms with Crippen molar-refractivity contribution in [2.45, 2.75) is 19.7 Å². The molecule has 0 spiro atoms. The molecule has 0 saturated heterocycles. The van der Waals surface area contributed by atoms with Crippen LogP contribution in [0.1, 0.15) is 22.5 Å². The SMILES string of the molecule is COCOc1cccc(OC)c1CON=Cc1cc(C)cc(C(F)(F)F)n1. The summed E-state index contributed by atoms with van der Waals surface area (Å²) in [5.74, 6) is 1.01. The number of hydrogen-bond acceptors (Lipinski definition) is 6. The van der Waals surface area contributed by atoms with Crippen LogP contribution in [0.4, 0.5) is 13.2 Å². The first kappa shape index (κ1) is 20.5. The Labute approximate surface area is 154 Å². The van der Waals surface area contributed by atoms with Crippen LogP contribution in [0.3, 0.4) is 0 Å². The van der Waals surface area contributed by atoms with Gasteiger partial charge in [-0.2, -0.15) is 13.2 Å². The Morgan fingerprint density at radius 2 is 1.89 bits per heavy atom. The van der Waals surface area contributed by atoms with E-state index in [4.69, 9.17) is 19.0 Å². The molecule has 0 unspecified atom stereocenters. The Balaban J connectivity index is 2.11. The molecule has 1 aromatic heterocycles. The summed E-state index contributed by atoms with van der Waals surface area (Å²) in [6, 6.07) is 7.61. The van der Waals surface area contributed by atoms with E-state index in [0.717, 1.165) is 12.3 Å². The minimum absolute atomic E-state index is 0.0164. The van der Waals surface area contributed by atoms with Gasteiger partial charge in [0, 0.05) is 7.11 Å². The molecule has 0 N–H and O–H groups in total. The lowest BCUT2D eigenvalue weighted by atomic mass is 10.2. The van der Waals surface area contributed by atoms with E-state index >= 15 is 0 Å². The summed E-state index contributed by atoms with van der Waals surface area (Å²) < 4.78 is 54.0. The van der Waals surface area contributed by atoms with Crippen molar-refractivity contribution in [2.75, 3.05) is 21.0 Å². The second-order valence-electron chi connectivity index (χ2n) is 5.45. The number of aromatic nitrogens is 1. The fourth-order valence-electron chi connectivity index (χ4n) is 2.24. The van der Waals surface area contributed by atoms with Gasteiger partial charge in [-0.25, -0.2) is 4.98 Å². The predicted octanol–water partition coefficient (Wildman–Crippen LogP) is 3.95. The third-order valence-corrected chi connectivity index (χ3v) is 3.39. The highest BCUT2D eigenvalue weighted by molar-refractivity contribution is 5.76. The number of oxime groups is 1. The highest BCUT2D eigenvalue weighted by atomic mass is 19.4. The number of alkyl halides is 3. The van der Waals surface area contributed by atoms with Gasteiger partial charge in [-0.15, -0.1) is 0 Å². The quantitative estimate of drug-likeness (QED) is 0.392. The van der Waals surface area contributed by atoms with Crippen LogP contribution in [0.25, 0.3) is 0 Å². The van der Waals surface area contributed by atoms with E-state index in [1.165, 1.54) is 20.3 Å². The Morgan fingerprint density at radius 1 is 1.15 bits per heavy atom. The van der Waals surface area contributed by atoms with E-state index < -0.39 is 11.9 Å². The normalized spacial score (nSPS) is 11.6. The average molecular weight is 384 g/mol. The molecule has 0 aliphatic carbocycles. The van der Waals surface area contributed by atoms with Crippen LogP contribution in [0.15, 0.2) is 35.5 Å². The maximum atomic E-state index is 12.8. The molecule has 0 aliphatic rings. The topological polar surface area (TPSA) is 62.2 Å². The fraction of sp³-hybridized carbons (Fsp3) is 0.333. The molecule has 2 aromatic rings. The summed E-state index contributed by atoms with van der Waals surface area (Å²) in [5, 5.41) is 3.70. The monoisotopic (exact) mass is 384 g/mol. The molecule has 9 heteroatoms. The van der Waals surface area contributed by atoms with Gasteiger partial charge >= 0.3 is 6.18 Å². The Kier molecular flexibility index (Phi) is 7.00. The smallest absolute Gasteiger partial charge is 0.433 e. The summed E-state index contributed by atoms with van der Waals surface area (Å²) in [6.07, 6.45) is -3.41. The van der Waals surface area contributed by atoms with E-state index in [2.05, 4.69) is 10.1 Å². The number of hydrogen-bond donors (Lipinski definition) is 0. The number of pyridine rings is 1. The van der Waals surface area contributed by atoms with Gasteiger partial charge in [-0.05, 0) is 36.8 Å². The van der Waals surface area contributed by atoms with Crippen molar-refractivity contribution >= 4 is 6.21 Å². The van der Waals surface area contributed by atoms with Crippen molar-refractivity contribution in [3.63, 3.8) is 0 Å². The van der Waals surface area contributed by atoms with Crippen molar-refractivity contribution in [3.8, 4) is 11.5 Å². The maximum absolute atomic E-state index is 12.8. The van der Waals surface area contributed by atoms with Gasteiger partial charge in [-0.1, -0.05) is 11.2 Å². The second-order valence-corrected chi connectivity index (χ2v) is 5.45. The van der Waals surface area contributed by atoms with E-state index in [1.54, 1.807) is 25.1 Å². The number of rotatable bonds is 8. The molecule has 146 valence electrons. The lowest BCUT2D eigenvalue weighted by Gasteiger charge is -2.13. The summed E-state index contributed by atoms with van der Waals surface area (Å²) >= 11 is 0. The first-order valence-corrected chi connectivity index (χ1v) is 7.84. The van der Waals surface area contributed by atoms with Gasteiger partial charge in [0.25, 0.3) is 0 Å². The molecule has 0 saturated carbocycles. The second kappa shape index (κ2) is 9.22. The van der Waals surface area contributed by atoms with Gasteiger partial charge in [-0.3, -0.25) is 0 Å². The van der Waals surface area contributed by atoms with E-state index in [1.807, 2.05) is 0 Å². The number of benzene rings is 1. The summed E-state index contributed by atoms with van der Waals surface area (Å²) in [7, 11) is 2.99. The molecule has 27 heavy (non-hydrogen) atoms. The van der Waals surface area contributed by atoms with Crippen LogP contribution in [0.5, 0.6) is 11.5 Å². The van der Waals surface area contributed by atoms with Gasteiger partial charge in [0.05, 0.1) is 24.6 Å². The van der Waals surface area contributed by atoms with Crippen LogP contribution >= 0.6 is 0 Å². The zero-order chi connectivity index (χ0) is 19.9. The minimum atomic E-state index is -4.53. The fourth-order valence-corrected chi connectivity index (χ4v) is 2.24. The largest absolute Gasteiger partial charge is 0.496 e. The highest BCUT2D eigenvalue weighted by Crippen LogP contribution is 2.30. The number of methoxy groups -OCH3 is 2. The molecule has 0 bridgehead atoms. The summed E-state index contributed by atoms with van der Waals surface area (Å²) in [4.78, 5) is 8.72. The molecular formula is C18H19F3N2O4. The van der Waals surface area contributed by atoms with Crippen LogP contribution < -0.4 is 9.47 Å². The van der Waals surface area contributed by atoms with Gasteiger partial charge in [0.2, 0.25) is 0 Å². The lowest BCUT2D eigenvalue weighted by molar-refractivity contribution is -0.141. The standard InChI is InChI=1S/C18H19F3N2O4/c1-12-7-13(23-17(8-12)18(19,20)21)9-22-27-10-14-15(25-3)5-4-6-16(14)26-11-24-2/h4-9H,10-11H2,1-3H3. The molecule has 0 atom stereocenters. The van der Waals surface area contributed by atoms with Crippen LogP contribution in [0, 0.1) is 6.92 Å². The molecule has 0 amide bonds. The predicted molar refractivity (Wildman–Crippen MR) is 91.9 cm³/mol. The van der Waals surface area contributed by atoms with Gasteiger partial charge in [0.1, 0.15) is 23.8 Å². The molecule has 1 aromatic carbocycles. The number of halogens is 3. The Morgan fingerprint density at radius 3 is 2.56 bits per heavy atom. The van der Waals surface area contributed by atoms with Gasteiger partial charge in [0.15, 0.2) is 6.79 Å².